The number of ether oxygens (including phenoxy) is 2. The Kier molecular flexibility index (Phi) is 3.66. The van der Waals surface area contributed by atoms with Crippen molar-refractivity contribution in [2.24, 2.45) is 5.41 Å². The minimum absolute atomic E-state index is 0.113. The Morgan fingerprint density at radius 3 is 2.12 bits per heavy atom. The van der Waals surface area contributed by atoms with E-state index in [9.17, 15) is 9.59 Å². The molecule has 0 spiro atoms. The normalized spacial score (nSPS) is 23.5. The molecule has 0 aromatic carbocycles. The van der Waals surface area contributed by atoms with Crippen molar-refractivity contribution < 1.29 is 19.1 Å². The molecule has 17 heavy (non-hydrogen) atoms. The van der Waals surface area contributed by atoms with E-state index in [0.717, 1.165) is 38.8 Å². The minimum Gasteiger partial charge on any atom is -0.468 e. The summed E-state index contributed by atoms with van der Waals surface area (Å²) in [5.41, 5.74) is -1.06. The molecule has 0 N–H and O–H groups in total. The summed E-state index contributed by atoms with van der Waals surface area (Å²) in [4.78, 5) is 25.9. The molecule has 2 fully saturated rings. The van der Waals surface area contributed by atoms with Crippen LogP contribution in [0.1, 0.15) is 25.7 Å². The molecule has 5 heteroatoms. The second kappa shape index (κ2) is 5.04. The van der Waals surface area contributed by atoms with Gasteiger partial charge < -0.3 is 14.4 Å². The third-order valence-corrected chi connectivity index (χ3v) is 3.58. The molecule has 96 valence electrons. The van der Waals surface area contributed by atoms with Gasteiger partial charge in [0.05, 0.1) is 20.3 Å². The summed E-state index contributed by atoms with van der Waals surface area (Å²) >= 11 is 0. The molecular weight excluding hydrogens is 222 g/mol. The lowest BCUT2D eigenvalue weighted by Gasteiger charge is -2.40. The van der Waals surface area contributed by atoms with Crippen molar-refractivity contribution in [3.05, 3.63) is 0 Å². The maximum atomic E-state index is 12.4. The minimum atomic E-state index is -1.06. The Labute approximate surface area is 101 Å². The fourth-order valence-corrected chi connectivity index (χ4v) is 2.41. The summed E-state index contributed by atoms with van der Waals surface area (Å²) in [5, 5.41) is 0. The summed E-state index contributed by atoms with van der Waals surface area (Å²) in [7, 11) is 1.32. The van der Waals surface area contributed by atoms with Crippen LogP contribution in [0, 0.1) is 5.41 Å². The molecule has 2 aliphatic heterocycles. The molecule has 2 aliphatic rings. The Balaban J connectivity index is 2.08. The van der Waals surface area contributed by atoms with Crippen LogP contribution in [0.3, 0.4) is 0 Å². The van der Waals surface area contributed by atoms with Crippen molar-refractivity contribution >= 4 is 11.9 Å². The standard InChI is InChI=1S/C12H19NO4/c1-16-11(15)12(8-17-9-12)10(14)13-6-4-2-3-5-7-13/h2-9H2,1H3. The fraction of sp³-hybridized carbons (Fsp3) is 0.833. The van der Waals surface area contributed by atoms with Crippen LogP contribution in [-0.2, 0) is 19.1 Å². The van der Waals surface area contributed by atoms with E-state index < -0.39 is 11.4 Å². The van der Waals surface area contributed by atoms with Crippen molar-refractivity contribution in [1.29, 1.82) is 0 Å². The number of hydrogen-bond donors (Lipinski definition) is 0. The summed E-state index contributed by atoms with van der Waals surface area (Å²) in [5.74, 6) is -0.574. The van der Waals surface area contributed by atoms with E-state index in [1.807, 2.05) is 0 Å². The Morgan fingerprint density at radius 1 is 1.12 bits per heavy atom. The third-order valence-electron chi connectivity index (χ3n) is 3.58. The second-order valence-corrected chi connectivity index (χ2v) is 4.77. The lowest BCUT2D eigenvalue weighted by atomic mass is 9.84. The van der Waals surface area contributed by atoms with E-state index >= 15 is 0 Å². The summed E-state index contributed by atoms with van der Waals surface area (Å²) in [6.45, 7) is 1.82. The first-order chi connectivity index (χ1) is 8.20. The summed E-state index contributed by atoms with van der Waals surface area (Å²) < 4.78 is 9.79. The number of amides is 1. The molecule has 0 bridgehead atoms. The van der Waals surface area contributed by atoms with E-state index in [2.05, 4.69) is 0 Å². The highest BCUT2D eigenvalue weighted by molar-refractivity contribution is 6.03. The second-order valence-electron chi connectivity index (χ2n) is 4.77. The van der Waals surface area contributed by atoms with Gasteiger partial charge in [0.25, 0.3) is 0 Å². The van der Waals surface area contributed by atoms with Crippen molar-refractivity contribution in [3.63, 3.8) is 0 Å². The fourth-order valence-electron chi connectivity index (χ4n) is 2.41. The number of carbonyl (C=O) groups excluding carboxylic acids is 2. The largest absolute Gasteiger partial charge is 0.468 e. The molecule has 2 rings (SSSR count). The molecule has 0 saturated carbocycles. The molecule has 0 unspecified atom stereocenters. The first-order valence-corrected chi connectivity index (χ1v) is 6.16. The van der Waals surface area contributed by atoms with Gasteiger partial charge in [-0.1, -0.05) is 12.8 Å². The van der Waals surface area contributed by atoms with Gasteiger partial charge in [0.2, 0.25) is 5.91 Å². The van der Waals surface area contributed by atoms with E-state index in [1.165, 1.54) is 7.11 Å². The first kappa shape index (κ1) is 12.4. The lowest BCUT2D eigenvalue weighted by molar-refractivity contribution is -0.193. The maximum absolute atomic E-state index is 12.4. The zero-order valence-electron chi connectivity index (χ0n) is 10.2. The lowest BCUT2D eigenvalue weighted by Crippen LogP contribution is -2.60. The summed E-state index contributed by atoms with van der Waals surface area (Å²) in [6, 6.07) is 0. The van der Waals surface area contributed by atoms with Crippen LogP contribution in [0.5, 0.6) is 0 Å². The Bertz CT molecular complexity index is 304. The Hall–Kier alpha value is -1.10. The molecule has 0 aliphatic carbocycles. The van der Waals surface area contributed by atoms with Gasteiger partial charge >= 0.3 is 5.97 Å². The quantitative estimate of drug-likeness (QED) is 0.524. The van der Waals surface area contributed by atoms with Crippen LogP contribution < -0.4 is 0 Å². The van der Waals surface area contributed by atoms with Crippen molar-refractivity contribution in [2.75, 3.05) is 33.4 Å². The van der Waals surface area contributed by atoms with Gasteiger partial charge in [0.1, 0.15) is 0 Å². The van der Waals surface area contributed by atoms with Crippen molar-refractivity contribution in [1.82, 2.24) is 4.90 Å². The van der Waals surface area contributed by atoms with Gasteiger partial charge in [0.15, 0.2) is 5.41 Å². The first-order valence-electron chi connectivity index (χ1n) is 6.16. The predicted molar refractivity (Wildman–Crippen MR) is 60.3 cm³/mol. The highest BCUT2D eigenvalue weighted by atomic mass is 16.5. The Morgan fingerprint density at radius 2 is 1.71 bits per heavy atom. The topological polar surface area (TPSA) is 55.8 Å². The van der Waals surface area contributed by atoms with Gasteiger partial charge in [-0.3, -0.25) is 9.59 Å². The van der Waals surface area contributed by atoms with Crippen LogP contribution >= 0.6 is 0 Å². The number of esters is 1. The average Bonchev–Trinajstić information content (AvgIpc) is 2.55. The molecule has 0 radical (unpaired) electrons. The van der Waals surface area contributed by atoms with Crippen LogP contribution in [-0.4, -0.2) is 50.2 Å². The molecular formula is C12H19NO4. The van der Waals surface area contributed by atoms with E-state index in [0.29, 0.717) is 0 Å². The van der Waals surface area contributed by atoms with Crippen LogP contribution in [0.25, 0.3) is 0 Å². The van der Waals surface area contributed by atoms with Gasteiger partial charge in [-0.2, -0.15) is 0 Å². The molecule has 0 aromatic heterocycles. The highest BCUT2D eigenvalue weighted by Crippen LogP contribution is 2.32. The monoisotopic (exact) mass is 241 g/mol. The van der Waals surface area contributed by atoms with E-state index in [-0.39, 0.29) is 19.1 Å². The maximum Gasteiger partial charge on any atom is 0.326 e. The van der Waals surface area contributed by atoms with Crippen molar-refractivity contribution in [3.8, 4) is 0 Å². The predicted octanol–water partition coefficient (Wildman–Crippen LogP) is 0.579. The van der Waals surface area contributed by atoms with Gasteiger partial charge in [-0.05, 0) is 12.8 Å². The van der Waals surface area contributed by atoms with Gasteiger partial charge in [0, 0.05) is 13.1 Å². The summed E-state index contributed by atoms with van der Waals surface area (Å²) in [6.07, 6.45) is 4.35. The number of nitrogens with zero attached hydrogens (tertiary/aromatic N) is 1. The molecule has 1 amide bonds. The molecule has 2 saturated heterocycles. The van der Waals surface area contributed by atoms with Crippen LogP contribution in [0.2, 0.25) is 0 Å². The van der Waals surface area contributed by atoms with E-state index in [4.69, 9.17) is 9.47 Å². The molecule has 0 atom stereocenters. The smallest absolute Gasteiger partial charge is 0.326 e. The zero-order chi connectivity index (χ0) is 12.3. The van der Waals surface area contributed by atoms with Crippen LogP contribution in [0.4, 0.5) is 0 Å². The van der Waals surface area contributed by atoms with Crippen molar-refractivity contribution in [2.45, 2.75) is 25.7 Å². The van der Waals surface area contributed by atoms with Crippen LogP contribution in [0.15, 0.2) is 0 Å². The number of carbonyl (C=O) groups is 2. The van der Waals surface area contributed by atoms with Gasteiger partial charge in [-0.15, -0.1) is 0 Å². The SMILES string of the molecule is COC(=O)C1(C(=O)N2CCCCCC2)COC1. The number of likely N-dealkylation sites (tertiary alicyclic amines) is 1. The molecule has 0 aromatic rings. The van der Waals surface area contributed by atoms with Gasteiger partial charge in [-0.25, -0.2) is 0 Å². The highest BCUT2D eigenvalue weighted by Gasteiger charge is 2.55. The number of hydrogen-bond acceptors (Lipinski definition) is 4. The average molecular weight is 241 g/mol. The zero-order valence-corrected chi connectivity index (χ0v) is 10.2. The molecule has 2 heterocycles. The number of rotatable bonds is 2. The molecule has 5 nitrogen and oxygen atoms in total. The van der Waals surface area contributed by atoms with E-state index in [1.54, 1.807) is 4.90 Å². The number of methoxy groups -OCH3 is 1. The third kappa shape index (κ3) is 2.16.